The van der Waals surface area contributed by atoms with Gasteiger partial charge in [-0.2, -0.15) is 0 Å². The van der Waals surface area contributed by atoms with Crippen molar-refractivity contribution in [3.8, 4) is 0 Å². The van der Waals surface area contributed by atoms with Crippen molar-refractivity contribution in [3.63, 3.8) is 0 Å². The van der Waals surface area contributed by atoms with Crippen molar-refractivity contribution < 1.29 is 19.4 Å². The normalized spacial score (nSPS) is 11.9. The standard InChI is InChI=1S/C14H19NO4/c1-3-12(19-2)14(18)15(10-13(16)17)9-11-7-5-4-6-8-11/h4-8,12H,3,9-10H2,1-2H3,(H,16,17). The zero-order valence-corrected chi connectivity index (χ0v) is 11.2. The summed E-state index contributed by atoms with van der Waals surface area (Å²) < 4.78 is 5.08. The highest BCUT2D eigenvalue weighted by atomic mass is 16.5. The number of carbonyl (C=O) groups is 2. The monoisotopic (exact) mass is 265 g/mol. The van der Waals surface area contributed by atoms with E-state index in [4.69, 9.17) is 9.84 Å². The minimum absolute atomic E-state index is 0.270. The van der Waals surface area contributed by atoms with E-state index in [0.29, 0.717) is 6.42 Å². The van der Waals surface area contributed by atoms with Gasteiger partial charge in [0.05, 0.1) is 0 Å². The van der Waals surface area contributed by atoms with Gasteiger partial charge in [-0.05, 0) is 12.0 Å². The molecule has 5 heteroatoms. The molecule has 1 unspecified atom stereocenters. The predicted octanol–water partition coefficient (Wildman–Crippen LogP) is 1.52. The van der Waals surface area contributed by atoms with Crippen LogP contribution in [0.3, 0.4) is 0 Å². The largest absolute Gasteiger partial charge is 0.480 e. The molecule has 0 saturated carbocycles. The molecule has 0 aromatic heterocycles. The van der Waals surface area contributed by atoms with Crippen molar-refractivity contribution >= 4 is 11.9 Å². The molecule has 5 nitrogen and oxygen atoms in total. The van der Waals surface area contributed by atoms with E-state index in [1.165, 1.54) is 12.0 Å². The molecule has 1 amide bonds. The molecule has 0 fully saturated rings. The number of rotatable bonds is 7. The van der Waals surface area contributed by atoms with Crippen LogP contribution in [0.2, 0.25) is 0 Å². The average molecular weight is 265 g/mol. The molecule has 104 valence electrons. The maximum Gasteiger partial charge on any atom is 0.323 e. The summed E-state index contributed by atoms with van der Waals surface area (Å²) in [5.41, 5.74) is 0.892. The van der Waals surface area contributed by atoms with Gasteiger partial charge in [-0.15, -0.1) is 0 Å². The predicted molar refractivity (Wildman–Crippen MR) is 70.6 cm³/mol. The topological polar surface area (TPSA) is 66.8 Å². The van der Waals surface area contributed by atoms with Crippen LogP contribution in [-0.4, -0.2) is 41.6 Å². The van der Waals surface area contributed by atoms with Gasteiger partial charge < -0.3 is 14.7 Å². The number of ether oxygens (including phenoxy) is 1. The van der Waals surface area contributed by atoms with Gasteiger partial charge in [0.2, 0.25) is 0 Å². The van der Waals surface area contributed by atoms with E-state index in [0.717, 1.165) is 5.56 Å². The third-order valence-corrected chi connectivity index (χ3v) is 2.78. The highest BCUT2D eigenvalue weighted by Crippen LogP contribution is 2.09. The van der Waals surface area contributed by atoms with Crippen LogP contribution < -0.4 is 0 Å². The average Bonchev–Trinajstić information content (AvgIpc) is 2.40. The minimum atomic E-state index is -1.03. The van der Waals surface area contributed by atoms with Gasteiger partial charge in [-0.3, -0.25) is 9.59 Å². The van der Waals surface area contributed by atoms with E-state index in [2.05, 4.69) is 0 Å². The molecule has 0 spiro atoms. The van der Waals surface area contributed by atoms with E-state index < -0.39 is 12.1 Å². The Morgan fingerprint density at radius 2 is 1.95 bits per heavy atom. The zero-order valence-electron chi connectivity index (χ0n) is 11.2. The van der Waals surface area contributed by atoms with E-state index >= 15 is 0 Å². The van der Waals surface area contributed by atoms with Gasteiger partial charge in [-0.25, -0.2) is 0 Å². The lowest BCUT2D eigenvalue weighted by Crippen LogP contribution is -2.42. The number of hydrogen-bond donors (Lipinski definition) is 1. The van der Waals surface area contributed by atoms with Crippen LogP contribution in [0.5, 0.6) is 0 Å². The first kappa shape index (κ1) is 15.2. The Morgan fingerprint density at radius 3 is 2.42 bits per heavy atom. The summed E-state index contributed by atoms with van der Waals surface area (Å²) in [5.74, 6) is -1.33. The van der Waals surface area contributed by atoms with Gasteiger partial charge in [0.15, 0.2) is 0 Å². The number of nitrogens with zero attached hydrogens (tertiary/aromatic N) is 1. The van der Waals surface area contributed by atoms with Crippen molar-refractivity contribution in [2.45, 2.75) is 26.0 Å². The van der Waals surface area contributed by atoms with Crippen molar-refractivity contribution in [2.75, 3.05) is 13.7 Å². The molecule has 0 aliphatic heterocycles. The zero-order chi connectivity index (χ0) is 14.3. The fourth-order valence-electron chi connectivity index (χ4n) is 1.82. The summed E-state index contributed by atoms with van der Waals surface area (Å²) in [5, 5.41) is 8.90. The first-order chi connectivity index (χ1) is 9.08. The molecule has 1 atom stereocenters. The molecule has 1 aromatic carbocycles. The van der Waals surface area contributed by atoms with E-state index in [-0.39, 0.29) is 19.0 Å². The molecule has 1 aromatic rings. The Morgan fingerprint density at radius 1 is 1.32 bits per heavy atom. The lowest BCUT2D eigenvalue weighted by molar-refractivity contribution is -0.150. The summed E-state index contributed by atoms with van der Waals surface area (Å²) in [6.45, 7) is 1.77. The summed E-state index contributed by atoms with van der Waals surface area (Å²) in [6.07, 6.45) is -0.0803. The SMILES string of the molecule is CCC(OC)C(=O)N(CC(=O)O)Cc1ccccc1. The highest BCUT2D eigenvalue weighted by Gasteiger charge is 2.24. The molecular weight excluding hydrogens is 246 g/mol. The molecule has 0 heterocycles. The summed E-state index contributed by atoms with van der Waals surface area (Å²) in [6, 6.07) is 9.29. The van der Waals surface area contributed by atoms with Gasteiger partial charge in [0.25, 0.3) is 5.91 Å². The fraction of sp³-hybridized carbons (Fsp3) is 0.429. The first-order valence-electron chi connectivity index (χ1n) is 6.15. The van der Waals surface area contributed by atoms with Crippen molar-refractivity contribution in [2.24, 2.45) is 0 Å². The van der Waals surface area contributed by atoms with Gasteiger partial charge in [0.1, 0.15) is 12.6 Å². The lowest BCUT2D eigenvalue weighted by atomic mass is 10.2. The van der Waals surface area contributed by atoms with Gasteiger partial charge in [0, 0.05) is 13.7 Å². The van der Waals surface area contributed by atoms with Crippen LogP contribution in [0.4, 0.5) is 0 Å². The van der Waals surface area contributed by atoms with E-state index in [1.807, 2.05) is 37.3 Å². The Hall–Kier alpha value is -1.88. The van der Waals surface area contributed by atoms with Gasteiger partial charge >= 0.3 is 5.97 Å². The Kier molecular flexibility index (Phi) is 6.02. The number of carbonyl (C=O) groups excluding carboxylic acids is 1. The highest BCUT2D eigenvalue weighted by molar-refractivity contribution is 5.84. The van der Waals surface area contributed by atoms with Crippen LogP contribution in [0, 0.1) is 0 Å². The van der Waals surface area contributed by atoms with Crippen LogP contribution in [0.15, 0.2) is 30.3 Å². The quantitative estimate of drug-likeness (QED) is 0.811. The second-order valence-electron chi connectivity index (χ2n) is 4.21. The molecule has 0 aliphatic rings. The van der Waals surface area contributed by atoms with Crippen molar-refractivity contribution in [3.05, 3.63) is 35.9 Å². The fourth-order valence-corrected chi connectivity index (χ4v) is 1.82. The third-order valence-electron chi connectivity index (χ3n) is 2.78. The van der Waals surface area contributed by atoms with Crippen LogP contribution in [-0.2, 0) is 20.9 Å². The number of amides is 1. The number of benzene rings is 1. The van der Waals surface area contributed by atoms with E-state index in [1.54, 1.807) is 0 Å². The smallest absolute Gasteiger partial charge is 0.323 e. The van der Waals surface area contributed by atoms with Crippen LogP contribution in [0.25, 0.3) is 0 Å². The van der Waals surface area contributed by atoms with Crippen molar-refractivity contribution in [1.29, 1.82) is 0 Å². The Balaban J connectivity index is 2.82. The summed E-state index contributed by atoms with van der Waals surface area (Å²) >= 11 is 0. The first-order valence-corrected chi connectivity index (χ1v) is 6.15. The molecule has 0 aliphatic carbocycles. The molecule has 1 rings (SSSR count). The minimum Gasteiger partial charge on any atom is -0.480 e. The number of carboxylic acid groups (broad SMARTS) is 1. The Labute approximate surface area is 112 Å². The molecule has 1 N–H and O–H groups in total. The van der Waals surface area contributed by atoms with E-state index in [9.17, 15) is 9.59 Å². The number of aliphatic carboxylic acids is 1. The summed E-state index contributed by atoms with van der Waals surface area (Å²) in [4.78, 5) is 24.4. The molecule has 0 saturated heterocycles. The maximum absolute atomic E-state index is 12.2. The van der Waals surface area contributed by atoms with Crippen molar-refractivity contribution in [1.82, 2.24) is 4.90 Å². The Bertz CT molecular complexity index is 415. The number of hydrogen-bond acceptors (Lipinski definition) is 3. The second-order valence-corrected chi connectivity index (χ2v) is 4.21. The van der Waals surface area contributed by atoms with Crippen LogP contribution in [0.1, 0.15) is 18.9 Å². The molecule has 0 radical (unpaired) electrons. The second kappa shape index (κ2) is 7.53. The summed E-state index contributed by atoms with van der Waals surface area (Å²) in [7, 11) is 1.45. The maximum atomic E-state index is 12.2. The van der Waals surface area contributed by atoms with Crippen LogP contribution >= 0.6 is 0 Å². The lowest BCUT2D eigenvalue weighted by Gasteiger charge is -2.24. The molecule has 19 heavy (non-hydrogen) atoms. The number of carboxylic acids is 1. The number of methoxy groups -OCH3 is 1. The third kappa shape index (κ3) is 4.71. The van der Waals surface area contributed by atoms with Gasteiger partial charge in [-0.1, -0.05) is 37.3 Å². The molecule has 0 bridgehead atoms. The molecular formula is C14H19NO4.